The molecule has 0 bridgehead atoms. The monoisotopic (exact) mass is 241 g/mol. The highest BCUT2D eigenvalue weighted by atomic mass is 16.5. The summed E-state index contributed by atoms with van der Waals surface area (Å²) in [6, 6.07) is 0.498. The number of esters is 1. The first-order valence-electron chi connectivity index (χ1n) is 6.79. The quantitative estimate of drug-likeness (QED) is 0.752. The zero-order valence-electron chi connectivity index (χ0n) is 11.7. The lowest BCUT2D eigenvalue weighted by Crippen LogP contribution is -2.39. The van der Waals surface area contributed by atoms with Crippen LogP contribution in [0.3, 0.4) is 0 Å². The van der Waals surface area contributed by atoms with Crippen LogP contribution in [0.2, 0.25) is 0 Å². The van der Waals surface area contributed by atoms with E-state index in [4.69, 9.17) is 0 Å². The van der Waals surface area contributed by atoms with Crippen molar-refractivity contribution < 1.29 is 9.53 Å². The largest absolute Gasteiger partial charge is 0.468 e. The van der Waals surface area contributed by atoms with E-state index in [0.717, 1.165) is 5.92 Å². The maximum absolute atomic E-state index is 11.0. The Balaban J connectivity index is 2.29. The van der Waals surface area contributed by atoms with E-state index >= 15 is 0 Å². The molecule has 0 atom stereocenters. The van der Waals surface area contributed by atoms with E-state index < -0.39 is 0 Å². The van der Waals surface area contributed by atoms with Crippen LogP contribution in [0.15, 0.2) is 0 Å². The summed E-state index contributed by atoms with van der Waals surface area (Å²) < 4.78 is 4.63. The Morgan fingerprint density at radius 3 is 2.35 bits per heavy atom. The molecule has 1 aliphatic carbocycles. The highest BCUT2D eigenvalue weighted by Gasteiger charge is 2.31. The van der Waals surface area contributed by atoms with Crippen LogP contribution in [-0.4, -0.2) is 25.7 Å². The zero-order valence-corrected chi connectivity index (χ0v) is 11.7. The second-order valence-electron chi connectivity index (χ2n) is 5.85. The molecular formula is C14H27NO2. The molecule has 0 aromatic rings. The van der Waals surface area contributed by atoms with E-state index in [0.29, 0.717) is 18.0 Å². The normalized spacial score (nSPS) is 25.6. The fourth-order valence-electron chi connectivity index (χ4n) is 2.67. The molecule has 1 N–H and O–H groups in total. The van der Waals surface area contributed by atoms with Crippen molar-refractivity contribution in [2.45, 2.75) is 58.9 Å². The van der Waals surface area contributed by atoms with Gasteiger partial charge in [-0.3, -0.25) is 4.79 Å². The first kappa shape index (κ1) is 14.5. The standard InChI is InChI=1S/C14H27NO2/c1-5-14(2,3)11-6-8-12(9-7-11)15-10-13(16)17-4/h11-12,15H,5-10H2,1-4H3. The highest BCUT2D eigenvalue weighted by molar-refractivity contribution is 5.71. The van der Waals surface area contributed by atoms with Gasteiger partial charge in [0, 0.05) is 6.04 Å². The topological polar surface area (TPSA) is 38.3 Å². The molecule has 3 heteroatoms. The average Bonchev–Trinajstić information content (AvgIpc) is 2.36. The predicted molar refractivity (Wildman–Crippen MR) is 69.8 cm³/mol. The van der Waals surface area contributed by atoms with Gasteiger partial charge in [0.25, 0.3) is 0 Å². The summed E-state index contributed by atoms with van der Waals surface area (Å²) in [4.78, 5) is 11.0. The molecule has 0 saturated heterocycles. The first-order chi connectivity index (χ1) is 7.99. The van der Waals surface area contributed by atoms with Gasteiger partial charge < -0.3 is 10.1 Å². The van der Waals surface area contributed by atoms with E-state index in [9.17, 15) is 4.79 Å². The Kier molecular flexibility index (Phi) is 5.44. The molecule has 1 rings (SSSR count). The van der Waals surface area contributed by atoms with E-state index in [1.807, 2.05) is 0 Å². The van der Waals surface area contributed by atoms with E-state index in [1.165, 1.54) is 39.2 Å². The Labute approximate surface area is 105 Å². The summed E-state index contributed by atoms with van der Waals surface area (Å²) >= 11 is 0. The molecule has 0 amide bonds. The Hall–Kier alpha value is -0.570. The van der Waals surface area contributed by atoms with E-state index in [-0.39, 0.29) is 5.97 Å². The predicted octanol–water partition coefficient (Wildman–Crippen LogP) is 2.74. The van der Waals surface area contributed by atoms with Gasteiger partial charge in [-0.25, -0.2) is 0 Å². The lowest BCUT2D eigenvalue weighted by Gasteiger charge is -2.39. The van der Waals surface area contributed by atoms with Crippen LogP contribution in [0.5, 0.6) is 0 Å². The van der Waals surface area contributed by atoms with Gasteiger partial charge in [-0.05, 0) is 37.0 Å². The summed E-state index contributed by atoms with van der Waals surface area (Å²) in [6.07, 6.45) is 6.17. The first-order valence-corrected chi connectivity index (χ1v) is 6.79. The number of ether oxygens (including phenoxy) is 1. The number of nitrogens with one attached hydrogen (secondary N) is 1. The third kappa shape index (κ3) is 4.30. The van der Waals surface area contributed by atoms with Crippen LogP contribution < -0.4 is 5.32 Å². The Bertz CT molecular complexity index is 243. The minimum absolute atomic E-state index is 0.166. The van der Waals surface area contributed by atoms with Gasteiger partial charge in [0.2, 0.25) is 0 Å². The number of rotatable bonds is 5. The fraction of sp³-hybridized carbons (Fsp3) is 0.929. The van der Waals surface area contributed by atoms with E-state index in [1.54, 1.807) is 0 Å². The maximum atomic E-state index is 11.0. The number of hydrogen-bond acceptors (Lipinski definition) is 3. The van der Waals surface area contributed by atoms with Crippen molar-refractivity contribution in [3.63, 3.8) is 0 Å². The van der Waals surface area contributed by atoms with Gasteiger partial charge in [-0.15, -0.1) is 0 Å². The third-order valence-electron chi connectivity index (χ3n) is 4.51. The van der Waals surface area contributed by atoms with Gasteiger partial charge in [0.1, 0.15) is 0 Å². The molecule has 0 aromatic heterocycles. The van der Waals surface area contributed by atoms with Crippen LogP contribution in [0.25, 0.3) is 0 Å². The molecule has 0 heterocycles. The van der Waals surface area contributed by atoms with Crippen molar-refractivity contribution in [1.29, 1.82) is 0 Å². The SMILES string of the molecule is CCC(C)(C)C1CCC(NCC(=O)OC)CC1. The molecule has 1 fully saturated rings. The second-order valence-corrected chi connectivity index (χ2v) is 5.85. The molecule has 0 spiro atoms. The number of carbonyl (C=O) groups excluding carboxylic acids is 1. The van der Waals surface area contributed by atoms with Crippen molar-refractivity contribution in [1.82, 2.24) is 5.32 Å². The summed E-state index contributed by atoms with van der Waals surface area (Å²) in [5, 5.41) is 3.29. The fourth-order valence-corrected chi connectivity index (χ4v) is 2.67. The van der Waals surface area contributed by atoms with Crippen molar-refractivity contribution in [3.05, 3.63) is 0 Å². The molecule has 0 aromatic carbocycles. The Morgan fingerprint density at radius 1 is 1.29 bits per heavy atom. The van der Waals surface area contributed by atoms with Crippen LogP contribution >= 0.6 is 0 Å². The smallest absolute Gasteiger partial charge is 0.319 e. The van der Waals surface area contributed by atoms with Gasteiger partial charge in [-0.1, -0.05) is 27.2 Å². The molecular weight excluding hydrogens is 214 g/mol. The van der Waals surface area contributed by atoms with Crippen molar-refractivity contribution >= 4 is 5.97 Å². The van der Waals surface area contributed by atoms with Crippen LogP contribution in [0.1, 0.15) is 52.9 Å². The number of hydrogen-bond donors (Lipinski definition) is 1. The van der Waals surface area contributed by atoms with Crippen molar-refractivity contribution in [3.8, 4) is 0 Å². The second kappa shape index (κ2) is 6.39. The lowest BCUT2D eigenvalue weighted by molar-refractivity contribution is -0.139. The van der Waals surface area contributed by atoms with Gasteiger partial charge in [0.05, 0.1) is 13.7 Å². The highest BCUT2D eigenvalue weighted by Crippen LogP contribution is 2.40. The van der Waals surface area contributed by atoms with Crippen LogP contribution in [0, 0.1) is 11.3 Å². The lowest BCUT2D eigenvalue weighted by atomic mass is 9.69. The average molecular weight is 241 g/mol. The van der Waals surface area contributed by atoms with Gasteiger partial charge >= 0.3 is 5.97 Å². The van der Waals surface area contributed by atoms with Gasteiger partial charge in [-0.2, -0.15) is 0 Å². The zero-order chi connectivity index (χ0) is 12.9. The molecule has 1 saturated carbocycles. The summed E-state index contributed by atoms with van der Waals surface area (Å²) in [6.45, 7) is 7.38. The number of carbonyl (C=O) groups is 1. The van der Waals surface area contributed by atoms with Crippen molar-refractivity contribution in [2.75, 3.05) is 13.7 Å². The van der Waals surface area contributed by atoms with Crippen molar-refractivity contribution in [2.24, 2.45) is 11.3 Å². The third-order valence-corrected chi connectivity index (χ3v) is 4.51. The van der Waals surface area contributed by atoms with Crippen LogP contribution in [-0.2, 0) is 9.53 Å². The summed E-state index contributed by atoms with van der Waals surface area (Å²) in [7, 11) is 1.44. The summed E-state index contributed by atoms with van der Waals surface area (Å²) in [5.74, 6) is 0.671. The van der Waals surface area contributed by atoms with E-state index in [2.05, 4.69) is 30.8 Å². The van der Waals surface area contributed by atoms with Crippen LogP contribution in [0.4, 0.5) is 0 Å². The molecule has 0 aliphatic heterocycles. The maximum Gasteiger partial charge on any atom is 0.319 e. The Morgan fingerprint density at radius 2 is 1.88 bits per heavy atom. The molecule has 100 valence electrons. The molecule has 1 aliphatic rings. The minimum atomic E-state index is -0.166. The summed E-state index contributed by atoms with van der Waals surface area (Å²) in [5.41, 5.74) is 0.466. The molecule has 17 heavy (non-hydrogen) atoms. The molecule has 3 nitrogen and oxygen atoms in total. The molecule has 0 unspecified atom stereocenters. The van der Waals surface area contributed by atoms with Gasteiger partial charge in [0.15, 0.2) is 0 Å². The molecule has 0 radical (unpaired) electrons. The minimum Gasteiger partial charge on any atom is -0.468 e. The number of methoxy groups -OCH3 is 1.